The SMILES string of the molecule is O=C(c1ccc([N+](=O)[O-])cc1Cl)N1CCN(C(=O)c2cccc3ccccc23)CC1. The predicted octanol–water partition coefficient (Wildman–Crippen LogP) is 4.00. The van der Waals surface area contributed by atoms with Crippen molar-refractivity contribution in [3.63, 3.8) is 0 Å². The van der Waals surface area contributed by atoms with Gasteiger partial charge in [-0.1, -0.05) is 48.0 Å². The molecule has 0 unspecified atom stereocenters. The van der Waals surface area contributed by atoms with Crippen molar-refractivity contribution in [3.05, 3.63) is 86.9 Å². The van der Waals surface area contributed by atoms with E-state index < -0.39 is 4.92 Å². The van der Waals surface area contributed by atoms with Gasteiger partial charge in [-0.3, -0.25) is 19.7 Å². The monoisotopic (exact) mass is 423 g/mol. The largest absolute Gasteiger partial charge is 0.335 e. The highest BCUT2D eigenvalue weighted by molar-refractivity contribution is 6.34. The van der Waals surface area contributed by atoms with E-state index in [4.69, 9.17) is 11.6 Å². The summed E-state index contributed by atoms with van der Waals surface area (Å²) in [6, 6.07) is 17.2. The van der Waals surface area contributed by atoms with Gasteiger partial charge in [0.1, 0.15) is 0 Å². The third kappa shape index (κ3) is 3.71. The Morgan fingerprint density at radius 1 is 0.833 bits per heavy atom. The number of hydrogen-bond acceptors (Lipinski definition) is 4. The molecule has 0 aromatic heterocycles. The lowest BCUT2D eigenvalue weighted by atomic mass is 10.0. The van der Waals surface area contributed by atoms with Gasteiger partial charge in [0.2, 0.25) is 0 Å². The van der Waals surface area contributed by atoms with E-state index in [-0.39, 0.29) is 28.1 Å². The molecule has 0 spiro atoms. The van der Waals surface area contributed by atoms with Gasteiger partial charge in [0.05, 0.1) is 15.5 Å². The molecule has 1 aliphatic rings. The van der Waals surface area contributed by atoms with Crippen LogP contribution in [0.4, 0.5) is 5.69 Å². The smallest absolute Gasteiger partial charge is 0.270 e. The molecule has 0 bridgehead atoms. The van der Waals surface area contributed by atoms with Crippen molar-refractivity contribution >= 4 is 39.9 Å². The number of carbonyl (C=O) groups excluding carboxylic acids is 2. The lowest BCUT2D eigenvalue weighted by molar-refractivity contribution is -0.384. The minimum atomic E-state index is -0.558. The van der Waals surface area contributed by atoms with Gasteiger partial charge in [-0.15, -0.1) is 0 Å². The molecule has 2 amide bonds. The zero-order valence-electron chi connectivity index (χ0n) is 16.0. The maximum atomic E-state index is 13.1. The first-order valence-electron chi connectivity index (χ1n) is 9.46. The molecule has 0 radical (unpaired) electrons. The van der Waals surface area contributed by atoms with Crippen molar-refractivity contribution in [1.82, 2.24) is 9.80 Å². The Bertz CT molecular complexity index is 1150. The quantitative estimate of drug-likeness (QED) is 0.471. The van der Waals surface area contributed by atoms with Crippen LogP contribution >= 0.6 is 11.6 Å². The highest BCUT2D eigenvalue weighted by Crippen LogP contribution is 2.25. The zero-order chi connectivity index (χ0) is 21.3. The molecule has 1 heterocycles. The summed E-state index contributed by atoms with van der Waals surface area (Å²) in [4.78, 5) is 39.5. The highest BCUT2D eigenvalue weighted by atomic mass is 35.5. The highest BCUT2D eigenvalue weighted by Gasteiger charge is 2.27. The van der Waals surface area contributed by atoms with E-state index in [1.807, 2.05) is 42.5 Å². The predicted molar refractivity (Wildman–Crippen MR) is 114 cm³/mol. The number of hydrogen-bond donors (Lipinski definition) is 0. The minimum absolute atomic E-state index is 0.0449. The molecule has 30 heavy (non-hydrogen) atoms. The molecule has 152 valence electrons. The topological polar surface area (TPSA) is 83.8 Å². The molecule has 1 aliphatic heterocycles. The van der Waals surface area contributed by atoms with Crippen molar-refractivity contribution in [1.29, 1.82) is 0 Å². The Balaban J connectivity index is 1.46. The summed E-state index contributed by atoms with van der Waals surface area (Å²) in [7, 11) is 0. The second-order valence-corrected chi connectivity index (χ2v) is 7.44. The van der Waals surface area contributed by atoms with Crippen molar-refractivity contribution in [2.24, 2.45) is 0 Å². The van der Waals surface area contributed by atoms with Crippen molar-refractivity contribution < 1.29 is 14.5 Å². The normalized spacial score (nSPS) is 14.0. The number of non-ortho nitro benzene ring substituents is 1. The van der Waals surface area contributed by atoms with Crippen LogP contribution in [0.2, 0.25) is 5.02 Å². The summed E-state index contributed by atoms with van der Waals surface area (Å²) in [6.45, 7) is 1.53. The summed E-state index contributed by atoms with van der Waals surface area (Å²) in [5.41, 5.74) is 0.699. The number of nitro benzene ring substituents is 1. The van der Waals surface area contributed by atoms with Gasteiger partial charge in [-0.05, 0) is 22.9 Å². The van der Waals surface area contributed by atoms with Gasteiger partial charge in [-0.2, -0.15) is 0 Å². The van der Waals surface area contributed by atoms with Gasteiger partial charge in [-0.25, -0.2) is 0 Å². The average Bonchev–Trinajstić information content (AvgIpc) is 2.77. The summed E-state index contributed by atoms with van der Waals surface area (Å²) in [6.07, 6.45) is 0. The van der Waals surface area contributed by atoms with Crippen LogP contribution in [0.25, 0.3) is 10.8 Å². The molecular formula is C22H18ClN3O4. The molecule has 0 atom stereocenters. The Hall–Kier alpha value is -3.45. The second-order valence-electron chi connectivity index (χ2n) is 7.03. The summed E-state index contributed by atoms with van der Waals surface area (Å²) in [5.74, 6) is -0.362. The molecule has 7 nitrogen and oxygen atoms in total. The Labute approximate surface area is 177 Å². The average molecular weight is 424 g/mol. The van der Waals surface area contributed by atoms with Gasteiger partial charge < -0.3 is 9.80 Å². The van der Waals surface area contributed by atoms with Gasteiger partial charge in [0.15, 0.2) is 0 Å². The number of benzene rings is 3. The Kier molecular flexibility index (Phi) is 5.37. The maximum Gasteiger partial charge on any atom is 0.270 e. The molecule has 0 N–H and O–H groups in total. The number of nitrogens with zero attached hydrogens (tertiary/aromatic N) is 3. The van der Waals surface area contributed by atoms with Crippen molar-refractivity contribution in [2.45, 2.75) is 0 Å². The van der Waals surface area contributed by atoms with Gasteiger partial charge in [0, 0.05) is 43.9 Å². The minimum Gasteiger partial charge on any atom is -0.335 e. The summed E-state index contributed by atoms with van der Waals surface area (Å²) in [5, 5.41) is 12.8. The first kappa shape index (κ1) is 19.8. The van der Waals surface area contributed by atoms with Gasteiger partial charge in [0.25, 0.3) is 17.5 Å². The molecule has 0 aliphatic carbocycles. The zero-order valence-corrected chi connectivity index (χ0v) is 16.7. The van der Waals surface area contributed by atoms with E-state index >= 15 is 0 Å². The lowest BCUT2D eigenvalue weighted by Gasteiger charge is -2.35. The standard InChI is InChI=1S/C22H18ClN3O4/c23-20-14-16(26(29)30)8-9-19(20)22(28)25-12-10-24(11-13-25)21(27)18-7-3-5-15-4-1-2-6-17(15)18/h1-9,14H,10-13H2. The molecule has 1 saturated heterocycles. The number of fused-ring (bicyclic) bond motifs is 1. The lowest BCUT2D eigenvalue weighted by Crippen LogP contribution is -2.50. The van der Waals surface area contributed by atoms with E-state index in [1.165, 1.54) is 18.2 Å². The number of nitro groups is 1. The van der Waals surface area contributed by atoms with E-state index in [0.717, 1.165) is 10.8 Å². The van der Waals surface area contributed by atoms with Crippen LogP contribution in [0.15, 0.2) is 60.7 Å². The fourth-order valence-corrected chi connectivity index (χ4v) is 3.91. The van der Waals surface area contributed by atoms with E-state index in [1.54, 1.807) is 9.80 Å². The third-order valence-corrected chi connectivity index (χ3v) is 5.58. The van der Waals surface area contributed by atoms with E-state index in [9.17, 15) is 19.7 Å². The molecular weight excluding hydrogens is 406 g/mol. The van der Waals surface area contributed by atoms with Crippen LogP contribution in [-0.4, -0.2) is 52.7 Å². The molecule has 4 rings (SSSR count). The van der Waals surface area contributed by atoms with Gasteiger partial charge >= 0.3 is 0 Å². The number of carbonyl (C=O) groups is 2. The fourth-order valence-electron chi connectivity index (χ4n) is 3.66. The molecule has 3 aromatic rings. The number of rotatable bonds is 3. The summed E-state index contributed by atoms with van der Waals surface area (Å²) < 4.78 is 0. The number of amides is 2. The Morgan fingerprint density at radius 2 is 1.43 bits per heavy atom. The van der Waals surface area contributed by atoms with Crippen molar-refractivity contribution in [3.8, 4) is 0 Å². The van der Waals surface area contributed by atoms with E-state index in [0.29, 0.717) is 31.7 Å². The molecule has 0 saturated carbocycles. The summed E-state index contributed by atoms with van der Waals surface area (Å²) >= 11 is 6.09. The van der Waals surface area contributed by atoms with Crippen molar-refractivity contribution in [2.75, 3.05) is 26.2 Å². The Morgan fingerprint density at radius 3 is 2.07 bits per heavy atom. The van der Waals surface area contributed by atoms with Crippen LogP contribution in [0, 0.1) is 10.1 Å². The fraction of sp³-hybridized carbons (Fsp3) is 0.182. The molecule has 3 aromatic carbocycles. The first-order valence-corrected chi connectivity index (χ1v) is 9.84. The third-order valence-electron chi connectivity index (χ3n) is 5.27. The van der Waals surface area contributed by atoms with Crippen LogP contribution in [0.1, 0.15) is 20.7 Å². The van der Waals surface area contributed by atoms with Crippen LogP contribution in [0.3, 0.4) is 0 Å². The molecule has 1 fully saturated rings. The van der Waals surface area contributed by atoms with Crippen LogP contribution < -0.4 is 0 Å². The number of piperazine rings is 1. The second kappa shape index (κ2) is 8.12. The molecule has 8 heteroatoms. The van der Waals surface area contributed by atoms with Crippen LogP contribution in [-0.2, 0) is 0 Å². The maximum absolute atomic E-state index is 13.1. The van der Waals surface area contributed by atoms with Crippen LogP contribution in [0.5, 0.6) is 0 Å². The van der Waals surface area contributed by atoms with E-state index in [2.05, 4.69) is 0 Å². The first-order chi connectivity index (χ1) is 14.5. The number of halogens is 1.